The highest BCUT2D eigenvalue weighted by atomic mass is 35.5. The third kappa shape index (κ3) is 2.04. The van der Waals surface area contributed by atoms with E-state index in [0.29, 0.717) is 0 Å². The molecule has 0 aromatic heterocycles. The lowest BCUT2D eigenvalue weighted by atomic mass is 9.98. The third-order valence-electron chi connectivity index (χ3n) is 2.01. The van der Waals surface area contributed by atoms with Crippen LogP contribution in [0.5, 0.6) is 0 Å². The Morgan fingerprint density at radius 1 is 1.29 bits per heavy atom. The molecule has 78 valence electrons. The van der Waals surface area contributed by atoms with Gasteiger partial charge in [-0.15, -0.1) is 0 Å². The molecule has 0 aliphatic heterocycles. The molecule has 1 aromatic carbocycles. The van der Waals surface area contributed by atoms with Crippen LogP contribution >= 0.6 is 11.6 Å². The monoisotopic (exact) mass is 220 g/mol. The topological polar surface area (TPSA) is 20.2 Å². The van der Waals surface area contributed by atoms with E-state index in [-0.39, 0.29) is 16.5 Å². The lowest BCUT2D eigenvalue weighted by molar-refractivity contribution is 0.122. The van der Waals surface area contributed by atoms with Gasteiger partial charge in [-0.05, 0) is 18.1 Å². The van der Waals surface area contributed by atoms with Gasteiger partial charge in [-0.1, -0.05) is 25.4 Å². The van der Waals surface area contributed by atoms with Crippen LogP contribution in [0.1, 0.15) is 25.5 Å². The largest absolute Gasteiger partial charge is 0.388 e. The van der Waals surface area contributed by atoms with E-state index in [4.69, 9.17) is 11.6 Å². The van der Waals surface area contributed by atoms with E-state index in [0.717, 1.165) is 6.07 Å². The highest BCUT2D eigenvalue weighted by Gasteiger charge is 2.22. The summed E-state index contributed by atoms with van der Waals surface area (Å²) in [6.07, 6.45) is -1.09. The highest BCUT2D eigenvalue weighted by molar-refractivity contribution is 6.31. The van der Waals surface area contributed by atoms with Gasteiger partial charge in [0, 0.05) is 10.6 Å². The molecule has 14 heavy (non-hydrogen) atoms. The molecule has 1 aromatic rings. The third-order valence-corrected chi connectivity index (χ3v) is 2.34. The smallest absolute Gasteiger partial charge is 0.166 e. The van der Waals surface area contributed by atoms with Gasteiger partial charge >= 0.3 is 0 Å². The Morgan fingerprint density at radius 3 is 2.36 bits per heavy atom. The Labute approximate surface area is 86.3 Å². The van der Waals surface area contributed by atoms with Crippen LogP contribution in [-0.2, 0) is 0 Å². The van der Waals surface area contributed by atoms with Crippen molar-refractivity contribution >= 4 is 11.6 Å². The predicted octanol–water partition coefficient (Wildman–Crippen LogP) is 3.31. The van der Waals surface area contributed by atoms with Crippen molar-refractivity contribution in [2.45, 2.75) is 20.0 Å². The van der Waals surface area contributed by atoms with Crippen molar-refractivity contribution in [1.29, 1.82) is 0 Å². The Hall–Kier alpha value is -0.670. The molecular weight excluding hydrogens is 210 g/mol. The summed E-state index contributed by atoms with van der Waals surface area (Å²) in [5.41, 5.74) is -0.165. The van der Waals surface area contributed by atoms with Crippen LogP contribution in [-0.4, -0.2) is 5.11 Å². The van der Waals surface area contributed by atoms with Crippen molar-refractivity contribution in [3.05, 3.63) is 34.4 Å². The summed E-state index contributed by atoms with van der Waals surface area (Å²) < 4.78 is 26.1. The maximum Gasteiger partial charge on any atom is 0.166 e. The van der Waals surface area contributed by atoms with Gasteiger partial charge in [-0.2, -0.15) is 0 Å². The van der Waals surface area contributed by atoms with Crippen molar-refractivity contribution in [1.82, 2.24) is 0 Å². The predicted molar refractivity (Wildman–Crippen MR) is 51.2 cm³/mol. The summed E-state index contributed by atoms with van der Waals surface area (Å²) in [5, 5.41) is 9.64. The molecule has 0 heterocycles. The molecule has 0 bridgehead atoms. The number of hydrogen-bond acceptors (Lipinski definition) is 1. The molecular formula is C10H11ClF2O. The number of rotatable bonds is 2. The van der Waals surface area contributed by atoms with E-state index >= 15 is 0 Å². The first kappa shape index (κ1) is 11.4. The number of halogens is 3. The zero-order valence-corrected chi connectivity index (χ0v) is 8.65. The van der Waals surface area contributed by atoms with Crippen molar-refractivity contribution in [2.75, 3.05) is 0 Å². The van der Waals surface area contributed by atoms with Gasteiger partial charge in [-0.25, -0.2) is 8.78 Å². The van der Waals surface area contributed by atoms with Crippen LogP contribution in [0.2, 0.25) is 5.02 Å². The second-order valence-corrected chi connectivity index (χ2v) is 3.85. The van der Waals surface area contributed by atoms with E-state index in [9.17, 15) is 13.9 Å². The average molecular weight is 221 g/mol. The van der Waals surface area contributed by atoms with Crippen LogP contribution in [0.3, 0.4) is 0 Å². The summed E-state index contributed by atoms with van der Waals surface area (Å²) in [5.74, 6) is -2.29. The normalized spacial score (nSPS) is 13.4. The molecule has 0 aliphatic rings. The van der Waals surface area contributed by atoms with Gasteiger partial charge < -0.3 is 5.11 Å². The van der Waals surface area contributed by atoms with Crippen molar-refractivity contribution in [2.24, 2.45) is 5.92 Å². The number of aliphatic hydroxyl groups excluding tert-OH is 1. The maximum absolute atomic E-state index is 13.3. The molecule has 0 radical (unpaired) electrons. The lowest BCUT2D eigenvalue weighted by Gasteiger charge is -2.17. The molecule has 0 aliphatic carbocycles. The molecule has 1 nitrogen and oxygen atoms in total. The Bertz CT molecular complexity index is 339. The van der Waals surface area contributed by atoms with Crippen molar-refractivity contribution in [3.63, 3.8) is 0 Å². The van der Waals surface area contributed by atoms with Crippen LogP contribution in [0.25, 0.3) is 0 Å². The van der Waals surface area contributed by atoms with Crippen LogP contribution < -0.4 is 0 Å². The summed E-state index contributed by atoms with van der Waals surface area (Å²) in [7, 11) is 0. The maximum atomic E-state index is 13.3. The van der Waals surface area contributed by atoms with Gasteiger partial charge in [-0.3, -0.25) is 0 Å². The van der Waals surface area contributed by atoms with E-state index in [1.165, 1.54) is 6.07 Å². The Balaban J connectivity index is 3.25. The molecule has 4 heteroatoms. The molecule has 1 rings (SSSR count). The van der Waals surface area contributed by atoms with Crippen molar-refractivity contribution in [3.8, 4) is 0 Å². The summed E-state index contributed by atoms with van der Waals surface area (Å²) in [6, 6.07) is 2.18. The molecule has 0 saturated heterocycles. The van der Waals surface area contributed by atoms with Crippen LogP contribution in [0.4, 0.5) is 8.78 Å². The van der Waals surface area contributed by atoms with Crippen LogP contribution in [0, 0.1) is 17.6 Å². The van der Waals surface area contributed by atoms with Gasteiger partial charge in [0.1, 0.15) is 0 Å². The standard InChI is InChI=1S/C10H11ClF2O/c1-5(2)10(14)8-6(11)3-4-7(12)9(8)13/h3-5,10,14H,1-2H3. The van der Waals surface area contributed by atoms with Crippen LogP contribution in [0.15, 0.2) is 12.1 Å². The summed E-state index contributed by atoms with van der Waals surface area (Å²) in [6.45, 7) is 3.40. The molecule has 1 N–H and O–H groups in total. The van der Waals surface area contributed by atoms with Gasteiger partial charge in [0.15, 0.2) is 11.6 Å². The average Bonchev–Trinajstić information content (AvgIpc) is 2.12. The molecule has 0 amide bonds. The second-order valence-electron chi connectivity index (χ2n) is 3.45. The lowest BCUT2D eigenvalue weighted by Crippen LogP contribution is -2.09. The minimum atomic E-state index is -1.09. The minimum Gasteiger partial charge on any atom is -0.388 e. The second kappa shape index (κ2) is 4.24. The Morgan fingerprint density at radius 2 is 1.86 bits per heavy atom. The van der Waals surface area contributed by atoms with Gasteiger partial charge in [0.25, 0.3) is 0 Å². The quantitative estimate of drug-likeness (QED) is 0.759. The SMILES string of the molecule is CC(C)C(O)c1c(Cl)ccc(F)c1F. The molecule has 1 unspecified atom stereocenters. The van der Waals surface area contributed by atoms with E-state index in [2.05, 4.69) is 0 Å². The fourth-order valence-corrected chi connectivity index (χ4v) is 1.40. The zero-order valence-electron chi connectivity index (χ0n) is 7.89. The Kier molecular flexibility index (Phi) is 3.45. The van der Waals surface area contributed by atoms with Gasteiger partial charge in [0.05, 0.1) is 6.10 Å². The zero-order chi connectivity index (χ0) is 10.9. The first-order valence-corrected chi connectivity index (χ1v) is 4.64. The molecule has 0 spiro atoms. The first-order chi connectivity index (χ1) is 6.45. The molecule has 1 atom stereocenters. The summed E-state index contributed by atoms with van der Waals surface area (Å²) >= 11 is 5.67. The number of benzene rings is 1. The molecule has 0 saturated carbocycles. The number of aliphatic hydroxyl groups is 1. The summed E-state index contributed by atoms with van der Waals surface area (Å²) in [4.78, 5) is 0. The van der Waals surface area contributed by atoms with E-state index in [1.807, 2.05) is 0 Å². The molecule has 0 fully saturated rings. The van der Waals surface area contributed by atoms with Crippen molar-refractivity contribution < 1.29 is 13.9 Å². The van der Waals surface area contributed by atoms with Gasteiger partial charge in [0.2, 0.25) is 0 Å². The fourth-order valence-electron chi connectivity index (χ4n) is 1.15. The first-order valence-electron chi connectivity index (χ1n) is 4.26. The highest BCUT2D eigenvalue weighted by Crippen LogP contribution is 2.31. The minimum absolute atomic E-state index is 0.0464. The van der Waals surface area contributed by atoms with E-state index in [1.54, 1.807) is 13.8 Å². The van der Waals surface area contributed by atoms with E-state index < -0.39 is 17.7 Å². The fraction of sp³-hybridized carbons (Fsp3) is 0.400. The number of hydrogen-bond donors (Lipinski definition) is 1.